The Bertz CT molecular complexity index is 868. The molecule has 0 N–H and O–H groups in total. The van der Waals surface area contributed by atoms with Gasteiger partial charge in [-0.2, -0.15) is 5.10 Å². The lowest BCUT2D eigenvalue weighted by atomic mass is 9.96. The van der Waals surface area contributed by atoms with E-state index in [1.54, 1.807) is 0 Å². The zero-order valence-corrected chi connectivity index (χ0v) is 14.4. The lowest BCUT2D eigenvalue weighted by Gasteiger charge is -2.15. The maximum absolute atomic E-state index is 12.6. The second-order valence-corrected chi connectivity index (χ2v) is 5.84. The molecule has 1 unspecified atom stereocenters. The average Bonchev–Trinajstić information content (AvgIpc) is 2.52. The molecule has 0 bridgehead atoms. The molecular weight excluding hydrogens is 308 g/mol. The number of hydrogen-bond donors (Lipinski definition) is 0. The minimum absolute atomic E-state index is 0.0199. The zero-order chi connectivity index (χ0) is 18.0. The smallest absolute Gasteiger partial charge is 0.359 e. The van der Waals surface area contributed by atoms with Gasteiger partial charge in [0.15, 0.2) is 11.8 Å². The highest BCUT2D eigenvalue weighted by Gasteiger charge is 2.23. The monoisotopic (exact) mass is 328 g/mol. The molecule has 1 heterocycles. The number of benzene rings is 1. The van der Waals surface area contributed by atoms with Gasteiger partial charge in [-0.3, -0.25) is 9.59 Å². The van der Waals surface area contributed by atoms with Crippen LogP contribution in [0.25, 0.3) is 0 Å². The van der Waals surface area contributed by atoms with Crippen molar-refractivity contribution in [1.82, 2.24) is 9.78 Å². The molecule has 0 fully saturated rings. The van der Waals surface area contributed by atoms with E-state index in [0.29, 0.717) is 5.56 Å². The Morgan fingerprint density at radius 1 is 1.08 bits per heavy atom. The summed E-state index contributed by atoms with van der Waals surface area (Å²) in [4.78, 5) is 36.0. The normalized spacial score (nSPS) is 11.9. The molecule has 6 heteroatoms. The first-order chi connectivity index (χ1) is 11.2. The number of Topliss-reactive ketones (excluding diaryl/α,β-unsaturated/α-hetero) is 1. The molecule has 0 aliphatic carbocycles. The van der Waals surface area contributed by atoms with Gasteiger partial charge in [0.05, 0.1) is 0 Å². The third-order valence-electron chi connectivity index (χ3n) is 3.93. The van der Waals surface area contributed by atoms with Crippen LogP contribution in [0.2, 0.25) is 0 Å². The van der Waals surface area contributed by atoms with Crippen LogP contribution in [0.15, 0.2) is 29.1 Å². The number of esters is 1. The fourth-order valence-electron chi connectivity index (χ4n) is 2.33. The number of ketones is 1. The lowest BCUT2D eigenvalue weighted by molar-refractivity contribution is 0.0310. The van der Waals surface area contributed by atoms with E-state index in [2.05, 4.69) is 5.10 Å². The van der Waals surface area contributed by atoms with E-state index in [9.17, 15) is 14.4 Å². The summed E-state index contributed by atoms with van der Waals surface area (Å²) in [6.07, 6.45) is -0.947. The molecule has 1 aromatic heterocycles. The summed E-state index contributed by atoms with van der Waals surface area (Å²) in [6.45, 7) is 7.28. The van der Waals surface area contributed by atoms with Crippen molar-refractivity contribution in [2.45, 2.75) is 33.8 Å². The van der Waals surface area contributed by atoms with Crippen LogP contribution in [0.5, 0.6) is 0 Å². The van der Waals surface area contributed by atoms with E-state index < -0.39 is 12.1 Å². The summed E-state index contributed by atoms with van der Waals surface area (Å²) < 4.78 is 6.24. The molecule has 0 radical (unpaired) electrons. The van der Waals surface area contributed by atoms with Crippen molar-refractivity contribution in [2.75, 3.05) is 0 Å². The van der Waals surface area contributed by atoms with Gasteiger partial charge < -0.3 is 4.74 Å². The Balaban J connectivity index is 2.19. The Labute approximate surface area is 140 Å². The predicted molar refractivity (Wildman–Crippen MR) is 89.3 cm³/mol. The molecule has 1 aromatic carbocycles. The van der Waals surface area contributed by atoms with Crippen LogP contribution in [0.4, 0.5) is 0 Å². The minimum atomic E-state index is -0.947. The third kappa shape index (κ3) is 3.59. The Hall–Kier alpha value is -2.76. The van der Waals surface area contributed by atoms with Gasteiger partial charge in [0.25, 0.3) is 5.56 Å². The van der Waals surface area contributed by atoms with Gasteiger partial charge in [-0.1, -0.05) is 6.07 Å². The fraction of sp³-hybridized carbons (Fsp3) is 0.333. The molecule has 0 spiro atoms. The molecule has 24 heavy (non-hydrogen) atoms. The maximum Gasteiger partial charge on any atom is 0.359 e. The maximum atomic E-state index is 12.6. The molecular formula is C18H20N2O4. The van der Waals surface area contributed by atoms with Crippen LogP contribution in [-0.4, -0.2) is 27.6 Å². The van der Waals surface area contributed by atoms with Crippen molar-refractivity contribution in [3.63, 3.8) is 0 Å². The Morgan fingerprint density at radius 3 is 2.33 bits per heavy atom. The highest BCUT2D eigenvalue weighted by Crippen LogP contribution is 2.18. The molecule has 1 atom stereocenters. The van der Waals surface area contributed by atoms with Gasteiger partial charge >= 0.3 is 5.97 Å². The standard InChI is InChI=1S/C18H20N2O4/c1-10-8-12(3)14(9-11(10)2)17(22)13(4)24-18(23)15-6-7-16(21)20(5)19-15/h6-9,13H,1-5H3. The summed E-state index contributed by atoms with van der Waals surface area (Å²) in [5, 5.41) is 3.82. The second kappa shape index (κ2) is 6.78. The van der Waals surface area contributed by atoms with E-state index in [0.717, 1.165) is 21.4 Å². The van der Waals surface area contributed by atoms with Crippen molar-refractivity contribution in [3.8, 4) is 0 Å². The van der Waals surface area contributed by atoms with Gasteiger partial charge in [0.2, 0.25) is 5.78 Å². The summed E-state index contributed by atoms with van der Waals surface area (Å²) >= 11 is 0. The van der Waals surface area contributed by atoms with E-state index in [1.807, 2.05) is 32.9 Å². The van der Waals surface area contributed by atoms with E-state index in [1.165, 1.54) is 26.1 Å². The van der Waals surface area contributed by atoms with Crippen LogP contribution in [0, 0.1) is 20.8 Å². The van der Waals surface area contributed by atoms with Crippen molar-refractivity contribution >= 4 is 11.8 Å². The molecule has 126 valence electrons. The fourth-order valence-corrected chi connectivity index (χ4v) is 2.33. The van der Waals surface area contributed by atoms with E-state index in [-0.39, 0.29) is 17.0 Å². The average molecular weight is 328 g/mol. The van der Waals surface area contributed by atoms with Gasteiger partial charge in [0.1, 0.15) is 0 Å². The summed E-state index contributed by atoms with van der Waals surface area (Å²) in [5.41, 5.74) is 3.12. The topological polar surface area (TPSA) is 78.3 Å². The molecule has 2 aromatic rings. The number of aryl methyl sites for hydroxylation is 4. The Morgan fingerprint density at radius 2 is 1.71 bits per heavy atom. The second-order valence-electron chi connectivity index (χ2n) is 5.84. The SMILES string of the molecule is Cc1cc(C)c(C(=O)C(C)OC(=O)c2ccc(=O)n(C)n2)cc1C. The largest absolute Gasteiger partial charge is 0.449 e. The minimum Gasteiger partial charge on any atom is -0.449 e. The predicted octanol–water partition coefficient (Wildman–Crippen LogP) is 2.13. The number of carbonyl (C=O) groups excluding carboxylic acids is 2. The zero-order valence-electron chi connectivity index (χ0n) is 14.4. The Kier molecular flexibility index (Phi) is 4.97. The van der Waals surface area contributed by atoms with Crippen LogP contribution >= 0.6 is 0 Å². The molecule has 0 saturated carbocycles. The number of rotatable bonds is 4. The molecule has 2 rings (SSSR count). The lowest BCUT2D eigenvalue weighted by Crippen LogP contribution is -2.27. The van der Waals surface area contributed by atoms with Crippen LogP contribution in [0.3, 0.4) is 0 Å². The number of hydrogen-bond acceptors (Lipinski definition) is 5. The van der Waals surface area contributed by atoms with Gasteiger partial charge in [0, 0.05) is 18.7 Å². The van der Waals surface area contributed by atoms with Gasteiger partial charge in [-0.25, -0.2) is 9.48 Å². The first kappa shape index (κ1) is 17.6. The number of aromatic nitrogens is 2. The number of ether oxygens (including phenoxy) is 1. The van der Waals surface area contributed by atoms with Crippen molar-refractivity contribution in [1.29, 1.82) is 0 Å². The highest BCUT2D eigenvalue weighted by molar-refractivity contribution is 6.02. The van der Waals surface area contributed by atoms with Crippen LogP contribution < -0.4 is 5.56 Å². The molecule has 0 amide bonds. The first-order valence-corrected chi connectivity index (χ1v) is 7.58. The number of nitrogens with zero attached hydrogens (tertiary/aromatic N) is 2. The van der Waals surface area contributed by atoms with Crippen LogP contribution in [-0.2, 0) is 11.8 Å². The molecule has 0 saturated heterocycles. The molecule has 0 aliphatic heterocycles. The van der Waals surface area contributed by atoms with Gasteiger partial charge in [-0.05, 0) is 56.5 Å². The van der Waals surface area contributed by atoms with Crippen molar-refractivity contribution < 1.29 is 14.3 Å². The quantitative estimate of drug-likeness (QED) is 0.634. The summed E-state index contributed by atoms with van der Waals surface area (Å²) in [6, 6.07) is 6.25. The van der Waals surface area contributed by atoms with Crippen LogP contribution in [0.1, 0.15) is 44.5 Å². The van der Waals surface area contributed by atoms with Crippen molar-refractivity contribution in [2.24, 2.45) is 7.05 Å². The molecule has 6 nitrogen and oxygen atoms in total. The number of carbonyl (C=O) groups is 2. The summed E-state index contributed by atoms with van der Waals surface area (Å²) in [7, 11) is 1.44. The van der Waals surface area contributed by atoms with Gasteiger partial charge in [-0.15, -0.1) is 0 Å². The van der Waals surface area contributed by atoms with E-state index in [4.69, 9.17) is 4.74 Å². The highest BCUT2D eigenvalue weighted by atomic mass is 16.5. The first-order valence-electron chi connectivity index (χ1n) is 7.58. The third-order valence-corrected chi connectivity index (χ3v) is 3.93. The van der Waals surface area contributed by atoms with E-state index >= 15 is 0 Å². The van der Waals surface area contributed by atoms with Crippen molar-refractivity contribution in [3.05, 3.63) is 62.6 Å². The molecule has 0 aliphatic rings. The summed E-state index contributed by atoms with van der Waals surface area (Å²) in [5.74, 6) is -1.01.